The van der Waals surface area contributed by atoms with E-state index in [-0.39, 0.29) is 5.91 Å². The monoisotopic (exact) mass is 497 g/mol. The maximum Gasteiger partial charge on any atom is 0.270 e. The second-order valence-electron chi connectivity index (χ2n) is 6.32. The molecule has 0 unspecified atom stereocenters. The summed E-state index contributed by atoms with van der Waals surface area (Å²) in [5, 5.41) is 0.763. The number of thiazole rings is 1. The highest BCUT2D eigenvalue weighted by atomic mass is 79.9. The molecule has 1 aliphatic heterocycles. The molecule has 1 fully saturated rings. The number of carbonyl (C=O) groups is 1. The number of benzene rings is 1. The summed E-state index contributed by atoms with van der Waals surface area (Å²) in [6.07, 6.45) is 2.05. The standard InChI is InChI=1S/C19H20BrN3O2S3/c1-26-13-3-2-4-14-17(13)21-19(28-14)23(8-7-22-9-11-25-12-10-22)18(24)15-5-6-16(20)27-15/h2-6H,7-12H2,1H3. The van der Waals surface area contributed by atoms with Crippen LogP contribution < -0.4 is 4.90 Å². The van der Waals surface area contributed by atoms with Gasteiger partial charge in [0, 0.05) is 31.1 Å². The lowest BCUT2D eigenvalue weighted by molar-refractivity contribution is 0.0391. The maximum absolute atomic E-state index is 13.3. The van der Waals surface area contributed by atoms with E-state index in [1.165, 1.54) is 11.3 Å². The number of halogens is 1. The van der Waals surface area contributed by atoms with Gasteiger partial charge in [-0.25, -0.2) is 4.98 Å². The lowest BCUT2D eigenvalue weighted by Crippen LogP contribution is -2.43. The number of hydrogen-bond donors (Lipinski definition) is 0. The molecule has 0 radical (unpaired) electrons. The van der Waals surface area contributed by atoms with E-state index in [9.17, 15) is 4.79 Å². The Morgan fingerprint density at radius 2 is 2.11 bits per heavy atom. The molecule has 0 aliphatic carbocycles. The quantitative estimate of drug-likeness (QED) is 0.456. The fourth-order valence-electron chi connectivity index (χ4n) is 3.10. The number of rotatable bonds is 6. The van der Waals surface area contributed by atoms with Crippen molar-refractivity contribution in [3.8, 4) is 0 Å². The fourth-order valence-corrected chi connectivity index (χ4v) is 6.08. The molecule has 3 aromatic rings. The highest BCUT2D eigenvalue weighted by Crippen LogP contribution is 2.35. The van der Waals surface area contributed by atoms with Crippen LogP contribution >= 0.6 is 50.4 Å². The number of anilines is 1. The molecule has 3 heterocycles. The zero-order chi connectivity index (χ0) is 19.5. The Hall–Kier alpha value is -0.970. The average Bonchev–Trinajstić information content (AvgIpc) is 3.34. The third-order valence-electron chi connectivity index (χ3n) is 4.59. The smallest absolute Gasteiger partial charge is 0.270 e. The lowest BCUT2D eigenvalue weighted by atomic mass is 10.3. The summed E-state index contributed by atoms with van der Waals surface area (Å²) in [7, 11) is 0. The Balaban J connectivity index is 1.64. The molecule has 0 bridgehead atoms. The third-order valence-corrected chi connectivity index (χ3v) is 8.02. The molecule has 5 nitrogen and oxygen atoms in total. The van der Waals surface area contributed by atoms with Crippen molar-refractivity contribution in [1.29, 1.82) is 0 Å². The molecule has 1 aliphatic rings. The van der Waals surface area contributed by atoms with Crippen molar-refractivity contribution in [3.05, 3.63) is 39.0 Å². The molecule has 1 aromatic carbocycles. The van der Waals surface area contributed by atoms with E-state index in [4.69, 9.17) is 9.72 Å². The van der Waals surface area contributed by atoms with Gasteiger partial charge in [0.2, 0.25) is 0 Å². The highest BCUT2D eigenvalue weighted by molar-refractivity contribution is 9.11. The number of para-hydroxylation sites is 1. The van der Waals surface area contributed by atoms with Crippen molar-refractivity contribution in [3.63, 3.8) is 0 Å². The molecular weight excluding hydrogens is 478 g/mol. The molecule has 0 saturated carbocycles. The van der Waals surface area contributed by atoms with Gasteiger partial charge >= 0.3 is 0 Å². The summed E-state index contributed by atoms with van der Waals surface area (Å²) in [5.41, 5.74) is 0.978. The minimum atomic E-state index is 0.00807. The Morgan fingerprint density at radius 3 is 2.82 bits per heavy atom. The normalized spacial score (nSPS) is 15.2. The maximum atomic E-state index is 13.3. The summed E-state index contributed by atoms with van der Waals surface area (Å²) < 4.78 is 7.50. The summed E-state index contributed by atoms with van der Waals surface area (Å²) >= 11 is 8.19. The number of carbonyl (C=O) groups excluding carboxylic acids is 1. The van der Waals surface area contributed by atoms with Crippen LogP contribution in [-0.2, 0) is 4.74 Å². The van der Waals surface area contributed by atoms with Crippen molar-refractivity contribution in [2.24, 2.45) is 0 Å². The van der Waals surface area contributed by atoms with E-state index in [2.05, 4.69) is 39.2 Å². The van der Waals surface area contributed by atoms with Gasteiger partial charge in [-0.15, -0.1) is 23.1 Å². The first-order valence-electron chi connectivity index (χ1n) is 8.96. The largest absolute Gasteiger partial charge is 0.379 e. The predicted molar refractivity (Wildman–Crippen MR) is 122 cm³/mol. The van der Waals surface area contributed by atoms with Gasteiger partial charge in [0.1, 0.15) is 0 Å². The molecule has 1 saturated heterocycles. The number of amides is 1. The molecule has 28 heavy (non-hydrogen) atoms. The summed E-state index contributed by atoms with van der Waals surface area (Å²) in [4.78, 5) is 24.2. The molecule has 9 heteroatoms. The van der Waals surface area contributed by atoms with Crippen LogP contribution in [0.25, 0.3) is 10.2 Å². The lowest BCUT2D eigenvalue weighted by Gasteiger charge is -2.29. The number of morpholine rings is 1. The van der Waals surface area contributed by atoms with Crippen LogP contribution in [0.3, 0.4) is 0 Å². The van der Waals surface area contributed by atoms with Crippen LogP contribution in [0.15, 0.2) is 39.0 Å². The second-order valence-corrected chi connectivity index (χ2v) is 10.6. The van der Waals surface area contributed by atoms with Crippen LogP contribution in [0.1, 0.15) is 9.67 Å². The van der Waals surface area contributed by atoms with Crippen LogP contribution in [0, 0.1) is 0 Å². The Labute approximate surface area is 184 Å². The highest BCUT2D eigenvalue weighted by Gasteiger charge is 2.24. The molecule has 0 atom stereocenters. The third kappa shape index (κ3) is 4.44. The van der Waals surface area contributed by atoms with Crippen molar-refractivity contribution < 1.29 is 9.53 Å². The van der Waals surface area contributed by atoms with E-state index >= 15 is 0 Å². The van der Waals surface area contributed by atoms with Gasteiger partial charge in [-0.1, -0.05) is 17.4 Å². The molecule has 4 rings (SSSR count). The summed E-state index contributed by atoms with van der Waals surface area (Å²) in [5.74, 6) is 0.00807. The fraction of sp³-hybridized carbons (Fsp3) is 0.368. The van der Waals surface area contributed by atoms with Gasteiger partial charge in [0.25, 0.3) is 5.91 Å². The topological polar surface area (TPSA) is 45.7 Å². The van der Waals surface area contributed by atoms with Crippen molar-refractivity contribution in [1.82, 2.24) is 9.88 Å². The molecule has 1 amide bonds. The van der Waals surface area contributed by atoms with E-state index < -0.39 is 0 Å². The van der Waals surface area contributed by atoms with Crippen LogP contribution in [0.2, 0.25) is 0 Å². The molecule has 148 valence electrons. The predicted octanol–water partition coefficient (Wildman–Crippen LogP) is 4.82. The molecular formula is C19H20BrN3O2S3. The SMILES string of the molecule is CSc1cccc2sc(N(CCN3CCOCC3)C(=O)c3ccc(Br)s3)nc12. The Morgan fingerprint density at radius 1 is 1.29 bits per heavy atom. The van der Waals surface area contributed by atoms with Crippen molar-refractivity contribution >= 4 is 71.6 Å². The number of aromatic nitrogens is 1. The van der Waals surface area contributed by atoms with Gasteiger partial charge in [-0.3, -0.25) is 14.6 Å². The van der Waals surface area contributed by atoms with Gasteiger partial charge < -0.3 is 4.74 Å². The van der Waals surface area contributed by atoms with Crippen LogP contribution in [-0.4, -0.2) is 61.4 Å². The van der Waals surface area contributed by atoms with E-state index in [1.54, 1.807) is 23.1 Å². The first kappa shape index (κ1) is 20.3. The minimum Gasteiger partial charge on any atom is -0.379 e. The zero-order valence-electron chi connectivity index (χ0n) is 15.4. The molecule has 0 N–H and O–H groups in total. The Kier molecular flexibility index (Phi) is 6.70. The number of ether oxygens (including phenoxy) is 1. The Bertz CT molecular complexity index is 968. The van der Waals surface area contributed by atoms with Crippen LogP contribution in [0.4, 0.5) is 5.13 Å². The van der Waals surface area contributed by atoms with E-state index in [1.807, 2.05) is 23.1 Å². The molecule has 2 aromatic heterocycles. The zero-order valence-corrected chi connectivity index (χ0v) is 19.4. The number of nitrogens with zero attached hydrogens (tertiary/aromatic N) is 3. The second kappa shape index (κ2) is 9.23. The van der Waals surface area contributed by atoms with E-state index in [0.29, 0.717) is 6.54 Å². The first-order chi connectivity index (χ1) is 13.7. The van der Waals surface area contributed by atoms with Gasteiger partial charge in [-0.05, 0) is 46.5 Å². The number of hydrogen-bond acceptors (Lipinski definition) is 7. The average molecular weight is 498 g/mol. The number of thioether (sulfide) groups is 1. The minimum absolute atomic E-state index is 0.00807. The summed E-state index contributed by atoms with van der Waals surface area (Å²) in [6, 6.07) is 9.99. The summed E-state index contributed by atoms with van der Waals surface area (Å²) in [6.45, 7) is 4.75. The van der Waals surface area contributed by atoms with Gasteiger partial charge in [-0.2, -0.15) is 0 Å². The van der Waals surface area contributed by atoms with Crippen LogP contribution in [0.5, 0.6) is 0 Å². The van der Waals surface area contributed by atoms with E-state index in [0.717, 1.165) is 61.8 Å². The van der Waals surface area contributed by atoms with Gasteiger partial charge in [0.15, 0.2) is 5.13 Å². The number of thiophene rings is 1. The molecule has 0 spiro atoms. The van der Waals surface area contributed by atoms with Crippen molar-refractivity contribution in [2.45, 2.75) is 4.90 Å². The number of fused-ring (bicyclic) bond motifs is 1. The van der Waals surface area contributed by atoms with Crippen molar-refractivity contribution in [2.75, 3.05) is 50.5 Å². The van der Waals surface area contributed by atoms with Gasteiger partial charge in [0.05, 0.1) is 32.1 Å². The first-order valence-corrected chi connectivity index (χ1v) is 12.6.